The van der Waals surface area contributed by atoms with Crippen LogP contribution in [-0.2, 0) is 0 Å². The van der Waals surface area contributed by atoms with Gasteiger partial charge in [-0.25, -0.2) is 9.78 Å². The third-order valence-corrected chi connectivity index (χ3v) is 5.47. The number of carbonyl (C=O) groups is 1. The Morgan fingerprint density at radius 3 is 2.70 bits per heavy atom. The van der Waals surface area contributed by atoms with E-state index in [4.69, 9.17) is 11.6 Å². The van der Waals surface area contributed by atoms with Gasteiger partial charge in [-0.05, 0) is 47.4 Å². The van der Waals surface area contributed by atoms with Gasteiger partial charge in [0.1, 0.15) is 5.15 Å². The molecule has 3 atom stereocenters. The summed E-state index contributed by atoms with van der Waals surface area (Å²) in [5, 5.41) is 10.1. The van der Waals surface area contributed by atoms with E-state index in [0.717, 1.165) is 17.5 Å². The lowest BCUT2D eigenvalue weighted by Gasteiger charge is -2.36. The molecule has 1 aromatic rings. The molecule has 2 heterocycles. The molecular formula is C18H23ClN2O2. The Labute approximate surface area is 142 Å². The SMILES string of the molecule is Cc1cc(C2=CC3C(C2)CN(C(=O)O)C3C(C)(C)C)cnc1Cl. The van der Waals surface area contributed by atoms with Crippen LogP contribution in [0.25, 0.3) is 5.57 Å². The second kappa shape index (κ2) is 5.52. The number of allylic oxidation sites excluding steroid dienone is 1. The molecule has 1 amide bonds. The highest BCUT2D eigenvalue weighted by Crippen LogP contribution is 2.49. The van der Waals surface area contributed by atoms with E-state index in [-0.39, 0.29) is 17.4 Å². The summed E-state index contributed by atoms with van der Waals surface area (Å²) in [5.74, 6) is 0.637. The molecule has 1 fully saturated rings. The highest BCUT2D eigenvalue weighted by Gasteiger charge is 2.50. The van der Waals surface area contributed by atoms with Gasteiger partial charge in [-0.2, -0.15) is 0 Å². The van der Waals surface area contributed by atoms with Gasteiger partial charge in [0.05, 0.1) is 0 Å². The number of hydrogen-bond donors (Lipinski definition) is 1. The molecule has 1 saturated heterocycles. The van der Waals surface area contributed by atoms with Crippen molar-refractivity contribution in [2.75, 3.05) is 6.54 Å². The molecule has 0 spiro atoms. The van der Waals surface area contributed by atoms with Crippen molar-refractivity contribution < 1.29 is 9.90 Å². The Bertz CT molecular complexity index is 678. The van der Waals surface area contributed by atoms with Gasteiger partial charge in [0.2, 0.25) is 0 Å². The Morgan fingerprint density at radius 1 is 1.43 bits per heavy atom. The summed E-state index contributed by atoms with van der Waals surface area (Å²) in [4.78, 5) is 17.5. The van der Waals surface area contributed by atoms with Crippen LogP contribution in [0, 0.1) is 24.2 Å². The molecule has 0 aromatic carbocycles. The van der Waals surface area contributed by atoms with Gasteiger partial charge in [-0.1, -0.05) is 38.4 Å². The number of carboxylic acid groups (broad SMARTS) is 1. The molecule has 1 N–H and O–H groups in total. The lowest BCUT2D eigenvalue weighted by molar-refractivity contribution is 0.0978. The van der Waals surface area contributed by atoms with Crippen LogP contribution >= 0.6 is 11.6 Å². The van der Waals surface area contributed by atoms with Crippen molar-refractivity contribution in [2.24, 2.45) is 17.3 Å². The lowest BCUT2D eigenvalue weighted by Crippen LogP contribution is -2.45. The van der Waals surface area contributed by atoms with Crippen molar-refractivity contribution in [2.45, 2.75) is 40.2 Å². The molecule has 23 heavy (non-hydrogen) atoms. The molecule has 1 aromatic heterocycles. The number of likely N-dealkylation sites (tertiary alicyclic amines) is 1. The molecule has 124 valence electrons. The third kappa shape index (κ3) is 2.85. The fourth-order valence-electron chi connectivity index (χ4n) is 4.15. The third-order valence-electron chi connectivity index (χ3n) is 5.07. The first-order valence-corrected chi connectivity index (χ1v) is 8.39. The van der Waals surface area contributed by atoms with Crippen LogP contribution in [-0.4, -0.2) is 33.7 Å². The number of pyridine rings is 1. The van der Waals surface area contributed by atoms with E-state index in [1.807, 2.05) is 13.1 Å². The van der Waals surface area contributed by atoms with E-state index in [1.54, 1.807) is 4.90 Å². The molecule has 0 radical (unpaired) electrons. The number of aryl methyl sites for hydroxylation is 1. The van der Waals surface area contributed by atoms with E-state index in [0.29, 0.717) is 17.6 Å². The van der Waals surface area contributed by atoms with E-state index < -0.39 is 6.09 Å². The maximum absolute atomic E-state index is 11.6. The van der Waals surface area contributed by atoms with Crippen molar-refractivity contribution >= 4 is 23.3 Å². The molecule has 3 unspecified atom stereocenters. The van der Waals surface area contributed by atoms with Crippen LogP contribution in [0.5, 0.6) is 0 Å². The average Bonchev–Trinajstić information content (AvgIpc) is 2.97. The topological polar surface area (TPSA) is 53.4 Å². The van der Waals surface area contributed by atoms with Gasteiger partial charge in [-0.3, -0.25) is 0 Å². The predicted molar refractivity (Wildman–Crippen MR) is 91.5 cm³/mol. The fraction of sp³-hybridized carbons (Fsp3) is 0.556. The molecule has 1 aliphatic heterocycles. The zero-order valence-electron chi connectivity index (χ0n) is 14.0. The number of nitrogens with zero attached hydrogens (tertiary/aromatic N) is 2. The van der Waals surface area contributed by atoms with Crippen LogP contribution in [0.15, 0.2) is 18.3 Å². The minimum absolute atomic E-state index is 0.0175. The van der Waals surface area contributed by atoms with E-state index >= 15 is 0 Å². The number of rotatable bonds is 1. The molecule has 0 bridgehead atoms. The first-order valence-electron chi connectivity index (χ1n) is 8.01. The van der Waals surface area contributed by atoms with E-state index in [2.05, 4.69) is 37.9 Å². The maximum Gasteiger partial charge on any atom is 0.407 e. The highest BCUT2D eigenvalue weighted by atomic mass is 35.5. The smallest absolute Gasteiger partial charge is 0.407 e. The van der Waals surface area contributed by atoms with Gasteiger partial charge >= 0.3 is 6.09 Å². The van der Waals surface area contributed by atoms with Gasteiger partial charge in [-0.15, -0.1) is 0 Å². The van der Waals surface area contributed by atoms with Crippen molar-refractivity contribution in [3.8, 4) is 0 Å². The van der Waals surface area contributed by atoms with Crippen molar-refractivity contribution in [1.82, 2.24) is 9.88 Å². The summed E-state index contributed by atoms with van der Waals surface area (Å²) < 4.78 is 0. The zero-order chi connectivity index (χ0) is 16.9. The van der Waals surface area contributed by atoms with Crippen LogP contribution in [0.4, 0.5) is 4.79 Å². The van der Waals surface area contributed by atoms with Crippen molar-refractivity contribution in [1.29, 1.82) is 0 Å². The number of fused-ring (bicyclic) bond motifs is 1. The first kappa shape index (κ1) is 16.3. The monoisotopic (exact) mass is 334 g/mol. The predicted octanol–water partition coefficient (Wildman–Crippen LogP) is 4.47. The van der Waals surface area contributed by atoms with Crippen LogP contribution in [0.3, 0.4) is 0 Å². The fourth-order valence-corrected chi connectivity index (χ4v) is 4.26. The Hall–Kier alpha value is -1.55. The second-order valence-electron chi connectivity index (χ2n) is 7.81. The maximum atomic E-state index is 11.6. The van der Waals surface area contributed by atoms with Crippen LogP contribution in [0.1, 0.15) is 38.3 Å². The standard InChI is InChI=1S/C18H23ClN2O2/c1-10-5-12(8-20-16(10)19)11-6-13-9-21(17(22)23)15(14(13)7-11)18(2,3)4/h5,7-8,13-15H,6,9H2,1-4H3,(H,22,23). The van der Waals surface area contributed by atoms with Crippen molar-refractivity contribution in [3.63, 3.8) is 0 Å². The Morgan fingerprint density at radius 2 is 2.13 bits per heavy atom. The molecule has 1 aliphatic carbocycles. The van der Waals surface area contributed by atoms with Gasteiger partial charge < -0.3 is 10.0 Å². The van der Waals surface area contributed by atoms with Crippen molar-refractivity contribution in [3.05, 3.63) is 34.6 Å². The number of hydrogen-bond acceptors (Lipinski definition) is 2. The number of amides is 1. The Kier molecular flexibility index (Phi) is 3.91. The minimum atomic E-state index is -0.807. The molecule has 0 saturated carbocycles. The summed E-state index contributed by atoms with van der Waals surface area (Å²) in [6.45, 7) is 8.93. The summed E-state index contributed by atoms with van der Waals surface area (Å²) >= 11 is 6.02. The first-order chi connectivity index (χ1) is 10.7. The lowest BCUT2D eigenvalue weighted by atomic mass is 9.78. The molecule has 2 aliphatic rings. The summed E-state index contributed by atoms with van der Waals surface area (Å²) in [5.41, 5.74) is 3.27. The minimum Gasteiger partial charge on any atom is -0.465 e. The summed E-state index contributed by atoms with van der Waals surface area (Å²) in [7, 11) is 0. The van der Waals surface area contributed by atoms with Crippen LogP contribution in [0.2, 0.25) is 5.15 Å². The summed E-state index contributed by atoms with van der Waals surface area (Å²) in [6.07, 6.45) is 4.19. The number of aromatic nitrogens is 1. The summed E-state index contributed by atoms with van der Waals surface area (Å²) in [6, 6.07) is 2.09. The second-order valence-corrected chi connectivity index (χ2v) is 8.17. The zero-order valence-corrected chi connectivity index (χ0v) is 14.8. The highest BCUT2D eigenvalue weighted by molar-refractivity contribution is 6.30. The number of halogens is 1. The normalized spacial score (nSPS) is 27.1. The molecular weight excluding hydrogens is 312 g/mol. The quantitative estimate of drug-likeness (QED) is 0.771. The molecule has 3 rings (SSSR count). The van der Waals surface area contributed by atoms with Gasteiger partial charge in [0.15, 0.2) is 0 Å². The average molecular weight is 335 g/mol. The van der Waals surface area contributed by atoms with E-state index in [1.165, 1.54) is 5.57 Å². The molecule has 5 heteroatoms. The van der Waals surface area contributed by atoms with Crippen LogP contribution < -0.4 is 0 Å². The van der Waals surface area contributed by atoms with Gasteiger partial charge in [0.25, 0.3) is 0 Å². The largest absolute Gasteiger partial charge is 0.465 e. The Balaban J connectivity index is 1.94. The van der Waals surface area contributed by atoms with Gasteiger partial charge in [0, 0.05) is 24.7 Å². The molecule has 4 nitrogen and oxygen atoms in total. The van der Waals surface area contributed by atoms with E-state index in [9.17, 15) is 9.90 Å².